The van der Waals surface area contributed by atoms with Crippen molar-refractivity contribution in [3.63, 3.8) is 0 Å². The Kier molecular flexibility index (Phi) is 9.04. The Morgan fingerprint density at radius 3 is 1.39 bits per heavy atom. The van der Waals surface area contributed by atoms with E-state index < -0.39 is 56.0 Å². The van der Waals surface area contributed by atoms with Crippen LogP contribution in [0.4, 0.5) is 9.59 Å². The normalized spacial score (nSPS) is 36.3. The van der Waals surface area contributed by atoms with Crippen LogP contribution >= 0.6 is 0 Å². The molecule has 0 bridgehead atoms. The van der Waals surface area contributed by atoms with E-state index in [-0.39, 0.29) is 62.8 Å². The average molecular weight is 543 g/mol. The minimum atomic E-state index is -1.59. The highest BCUT2D eigenvalue weighted by atomic mass is 16.6. The highest BCUT2D eigenvalue weighted by Gasteiger charge is 2.59. The maximum absolute atomic E-state index is 12.4. The lowest BCUT2D eigenvalue weighted by atomic mass is 9.61. The number of nitrogens with one attached hydrogen (secondary N) is 2. The zero-order valence-corrected chi connectivity index (χ0v) is 22.1. The molecule has 2 rings (SSSR count). The molecule has 8 N–H and O–H groups in total. The molecule has 4 amide bonds. The lowest BCUT2D eigenvalue weighted by molar-refractivity contribution is -0.596. The van der Waals surface area contributed by atoms with Gasteiger partial charge in [-0.15, -0.1) is 0 Å². The first-order chi connectivity index (χ1) is 17.4. The number of hydrogen-bond acceptors (Lipinski definition) is 10. The Bertz CT molecular complexity index is 949. The number of carbonyl (C=O) groups excluding carboxylic acids is 2. The quantitative estimate of drug-likeness (QED) is 0.139. The van der Waals surface area contributed by atoms with Crippen molar-refractivity contribution in [2.75, 3.05) is 0 Å². The van der Waals surface area contributed by atoms with Gasteiger partial charge in [-0.25, -0.2) is 20.4 Å². The lowest BCUT2D eigenvalue weighted by Gasteiger charge is -2.45. The molecule has 0 aromatic carbocycles. The Balaban J connectivity index is 2.38. The number of primary amides is 2. The van der Waals surface area contributed by atoms with Crippen molar-refractivity contribution >= 4 is 23.5 Å². The van der Waals surface area contributed by atoms with Crippen molar-refractivity contribution in [1.82, 2.24) is 10.9 Å². The van der Waals surface area contributed by atoms with Gasteiger partial charge in [-0.05, 0) is 40.5 Å². The maximum Gasteiger partial charge on any atom is 0.332 e. The highest BCUT2D eigenvalue weighted by molar-refractivity contribution is 5.87. The summed E-state index contributed by atoms with van der Waals surface area (Å²) in [7, 11) is 0. The van der Waals surface area contributed by atoms with Gasteiger partial charge in [0, 0.05) is 71.6 Å². The average Bonchev–Trinajstić information content (AvgIpc) is 2.80. The van der Waals surface area contributed by atoms with Gasteiger partial charge in [0.15, 0.2) is 0 Å². The van der Waals surface area contributed by atoms with Crippen molar-refractivity contribution in [3.05, 3.63) is 20.2 Å². The van der Waals surface area contributed by atoms with Crippen LogP contribution in [-0.2, 0) is 0 Å². The zero-order valence-electron chi connectivity index (χ0n) is 22.1. The van der Waals surface area contributed by atoms with Crippen molar-refractivity contribution < 1.29 is 29.6 Å². The van der Waals surface area contributed by atoms with Crippen molar-refractivity contribution in [2.24, 2.45) is 33.5 Å². The summed E-state index contributed by atoms with van der Waals surface area (Å²) in [5.41, 5.74) is 8.83. The molecule has 2 fully saturated rings. The summed E-state index contributed by atoms with van der Waals surface area (Å²) in [5, 5.41) is 54.4. The number of nitrogens with two attached hydrogens (primary N) is 2. The van der Waals surface area contributed by atoms with Crippen LogP contribution in [0, 0.1) is 32.1 Å². The van der Waals surface area contributed by atoms with Gasteiger partial charge in [0.25, 0.3) is 0 Å². The molecule has 0 aliphatic heterocycles. The number of hydrogen-bond donors (Lipinski definition) is 6. The van der Waals surface area contributed by atoms with Gasteiger partial charge in [-0.1, -0.05) is 0 Å². The molecule has 0 radical (unpaired) electrons. The fourth-order valence-electron chi connectivity index (χ4n) is 5.80. The third-order valence-corrected chi connectivity index (χ3v) is 8.39. The van der Waals surface area contributed by atoms with E-state index in [1.54, 1.807) is 0 Å². The van der Waals surface area contributed by atoms with Gasteiger partial charge in [0.2, 0.25) is 11.1 Å². The number of urea groups is 2. The minimum absolute atomic E-state index is 0.0159. The maximum atomic E-state index is 12.4. The predicted molar refractivity (Wildman–Crippen MR) is 136 cm³/mol. The Labute approximate surface area is 219 Å². The summed E-state index contributed by atoms with van der Waals surface area (Å²) in [5.74, 6) is -1.62. The van der Waals surface area contributed by atoms with Gasteiger partial charge in [-0.2, -0.15) is 10.2 Å². The smallest absolute Gasteiger partial charge is 0.332 e. The van der Waals surface area contributed by atoms with Gasteiger partial charge in [0.1, 0.15) is 0 Å². The lowest BCUT2D eigenvalue weighted by Crippen LogP contribution is -2.57. The van der Waals surface area contributed by atoms with Crippen LogP contribution in [0.3, 0.4) is 0 Å². The first-order valence-electron chi connectivity index (χ1n) is 12.3. The Morgan fingerprint density at radius 2 is 1.13 bits per heavy atom. The van der Waals surface area contributed by atoms with Crippen LogP contribution in [0.5, 0.6) is 0 Å². The molecule has 2 aliphatic rings. The van der Waals surface area contributed by atoms with Crippen molar-refractivity contribution in [2.45, 2.75) is 101 Å². The number of hydrazone groups is 2. The second kappa shape index (κ2) is 11.1. The van der Waals surface area contributed by atoms with Crippen LogP contribution in [0.2, 0.25) is 0 Å². The summed E-state index contributed by atoms with van der Waals surface area (Å²) >= 11 is 0. The van der Waals surface area contributed by atoms with Crippen LogP contribution < -0.4 is 22.3 Å². The number of rotatable bonds is 9. The zero-order chi connectivity index (χ0) is 29.1. The van der Waals surface area contributed by atoms with E-state index >= 15 is 0 Å². The van der Waals surface area contributed by atoms with Crippen molar-refractivity contribution in [3.8, 4) is 0 Å². The predicted octanol–water partition coefficient (Wildman–Crippen LogP) is 0.988. The topological polar surface area (TPSA) is 262 Å². The van der Waals surface area contributed by atoms with Gasteiger partial charge < -0.3 is 21.7 Å². The SMILES string of the molecule is C/C(=N\NC(N)=O)[C@@H]1C[C@@](CC[C@]2([N+](=O)[O-])CC[C@@](C)(O)[C@H](/C(C)=N/NC(N)=O)C2)([N+](=O)[O-])CC[C@@]1(C)O. The van der Waals surface area contributed by atoms with Crippen LogP contribution in [0.15, 0.2) is 10.2 Å². The molecule has 0 heterocycles. The first kappa shape index (κ1) is 30.8. The molecule has 38 heavy (non-hydrogen) atoms. The van der Waals surface area contributed by atoms with Crippen molar-refractivity contribution in [1.29, 1.82) is 0 Å². The molecule has 0 spiro atoms. The molecular formula is C22H38N8O8. The van der Waals surface area contributed by atoms with E-state index in [1.807, 2.05) is 0 Å². The van der Waals surface area contributed by atoms with Gasteiger partial charge in [0.05, 0.1) is 11.2 Å². The summed E-state index contributed by atoms with van der Waals surface area (Å²) in [6, 6.07) is -1.86. The number of nitro groups is 2. The van der Waals surface area contributed by atoms with Crippen LogP contribution in [-0.4, -0.2) is 65.8 Å². The molecule has 16 nitrogen and oxygen atoms in total. The van der Waals surface area contributed by atoms with E-state index in [1.165, 1.54) is 27.7 Å². The number of aliphatic hydroxyl groups is 2. The summed E-state index contributed by atoms with van der Waals surface area (Å²) in [6.07, 6.45) is -0.578. The molecule has 16 heteroatoms. The largest absolute Gasteiger partial charge is 0.389 e. The number of carbonyl (C=O) groups is 2. The standard InChI is InChI=1S/C22H38N8O8/c1-13(25-27-17(23)31)15-11-21(29(35)36,7-5-19(15,3)33)9-10-22(30(37)38)8-6-20(4,34)16(12-22)14(2)26-28-18(24)32/h15-16,33-34H,5-12H2,1-4H3,(H3,23,27,31)(H3,24,28,32)/b25-13+,26-14+/t15-,16-,19+,20+,21+,22+/m0/s1. The summed E-state index contributed by atoms with van der Waals surface area (Å²) in [4.78, 5) is 46.1. The molecule has 214 valence electrons. The van der Waals surface area contributed by atoms with E-state index in [2.05, 4.69) is 21.1 Å². The second-order valence-electron chi connectivity index (χ2n) is 11.1. The molecule has 6 atom stereocenters. The molecule has 2 aliphatic carbocycles. The monoisotopic (exact) mass is 542 g/mol. The second-order valence-corrected chi connectivity index (χ2v) is 11.1. The van der Waals surface area contributed by atoms with Gasteiger partial charge >= 0.3 is 12.1 Å². The van der Waals surface area contributed by atoms with E-state index in [4.69, 9.17) is 11.5 Å². The fourth-order valence-corrected chi connectivity index (χ4v) is 5.80. The number of amides is 4. The molecule has 0 aromatic heterocycles. The third-order valence-electron chi connectivity index (χ3n) is 8.39. The first-order valence-corrected chi connectivity index (χ1v) is 12.3. The highest BCUT2D eigenvalue weighted by Crippen LogP contribution is 2.48. The molecule has 0 unspecified atom stereocenters. The molecular weight excluding hydrogens is 504 g/mol. The summed E-state index contributed by atoms with van der Waals surface area (Å²) in [6.45, 7) is 6.08. The third kappa shape index (κ3) is 6.72. The van der Waals surface area contributed by atoms with Crippen LogP contribution in [0.25, 0.3) is 0 Å². The number of nitrogens with zero attached hydrogens (tertiary/aromatic N) is 4. The van der Waals surface area contributed by atoms with E-state index in [0.29, 0.717) is 0 Å². The van der Waals surface area contributed by atoms with Crippen LogP contribution in [0.1, 0.15) is 79.1 Å². The van der Waals surface area contributed by atoms with E-state index in [9.17, 15) is 40.0 Å². The Hall–Kier alpha value is -3.40. The van der Waals surface area contributed by atoms with Gasteiger partial charge in [-0.3, -0.25) is 20.2 Å². The fraction of sp³-hybridized carbons (Fsp3) is 0.818. The van der Waals surface area contributed by atoms with E-state index in [0.717, 1.165) is 0 Å². The molecule has 0 aromatic rings. The minimum Gasteiger partial charge on any atom is -0.389 e. The molecule has 2 saturated carbocycles. The molecule has 0 saturated heterocycles. The summed E-state index contributed by atoms with van der Waals surface area (Å²) < 4.78 is 0. The Morgan fingerprint density at radius 1 is 0.816 bits per heavy atom.